The topological polar surface area (TPSA) is 48.3 Å². The van der Waals surface area contributed by atoms with E-state index >= 15 is 0 Å². The highest BCUT2D eigenvalue weighted by molar-refractivity contribution is 8.13. The third-order valence-electron chi connectivity index (χ3n) is 3.78. The molecule has 24 heavy (non-hydrogen) atoms. The number of unbranched alkanes of at least 4 members (excludes halogenated alkanes) is 1. The molecule has 0 saturated heterocycles. The van der Waals surface area contributed by atoms with Crippen LogP contribution in [0.3, 0.4) is 0 Å². The summed E-state index contributed by atoms with van der Waals surface area (Å²) < 4.78 is 7.66. The highest BCUT2D eigenvalue weighted by Gasteiger charge is 2.09. The third kappa shape index (κ3) is 4.87. The molecule has 0 unspecified atom stereocenters. The van der Waals surface area contributed by atoms with E-state index < -0.39 is 0 Å². The smallest absolute Gasteiger partial charge is 0.254 e. The maximum atomic E-state index is 12.3. The Morgan fingerprint density at radius 3 is 2.75 bits per heavy atom. The number of aromatic nitrogens is 1. The summed E-state index contributed by atoms with van der Waals surface area (Å²) in [6.07, 6.45) is 3.30. The van der Waals surface area contributed by atoms with Crippen molar-refractivity contribution in [3.63, 3.8) is 0 Å². The number of carbonyl (C=O) groups is 1. The lowest BCUT2D eigenvalue weighted by molar-refractivity contribution is -0.110. The van der Waals surface area contributed by atoms with Gasteiger partial charge in [0, 0.05) is 30.2 Å². The summed E-state index contributed by atoms with van der Waals surface area (Å²) in [6, 6.07) is 9.45. The van der Waals surface area contributed by atoms with Gasteiger partial charge >= 0.3 is 0 Å². The number of hydrogen-bond donors (Lipinski definition) is 0. The number of benzene rings is 1. The first-order chi connectivity index (χ1) is 11.7. The molecule has 0 aliphatic carbocycles. The number of nitrogens with zero attached hydrogens (tertiary/aromatic N) is 1. The minimum absolute atomic E-state index is 0.0188. The van der Waals surface area contributed by atoms with Gasteiger partial charge in [0.15, 0.2) is 5.12 Å². The Labute approximate surface area is 147 Å². The Morgan fingerprint density at radius 1 is 1.21 bits per heavy atom. The van der Waals surface area contributed by atoms with Gasteiger partial charge in [0.25, 0.3) is 5.56 Å². The van der Waals surface area contributed by atoms with Crippen molar-refractivity contribution < 1.29 is 9.53 Å². The molecule has 0 amide bonds. The molecule has 130 valence electrons. The quantitative estimate of drug-likeness (QED) is 0.637. The number of para-hydroxylation sites is 1. The minimum atomic E-state index is -0.0188. The molecule has 0 N–H and O–H groups in total. The van der Waals surface area contributed by atoms with Gasteiger partial charge in [-0.05, 0) is 31.4 Å². The Kier molecular flexibility index (Phi) is 7.37. The second-order valence-corrected chi connectivity index (χ2v) is 6.80. The second-order valence-electron chi connectivity index (χ2n) is 5.65. The first kappa shape index (κ1) is 18.6. The van der Waals surface area contributed by atoms with Crippen LogP contribution in [0.1, 0.15) is 39.5 Å². The lowest BCUT2D eigenvalue weighted by Gasteiger charge is -2.13. The maximum absolute atomic E-state index is 12.3. The van der Waals surface area contributed by atoms with E-state index in [-0.39, 0.29) is 10.7 Å². The van der Waals surface area contributed by atoms with E-state index in [0.717, 1.165) is 35.9 Å². The van der Waals surface area contributed by atoms with Gasteiger partial charge in [0.1, 0.15) is 5.75 Å². The zero-order chi connectivity index (χ0) is 17.4. The molecule has 0 bridgehead atoms. The van der Waals surface area contributed by atoms with Crippen LogP contribution in [0.2, 0.25) is 0 Å². The number of pyridine rings is 1. The van der Waals surface area contributed by atoms with Crippen molar-refractivity contribution in [3.8, 4) is 5.75 Å². The van der Waals surface area contributed by atoms with Crippen molar-refractivity contribution in [1.82, 2.24) is 4.57 Å². The summed E-state index contributed by atoms with van der Waals surface area (Å²) in [5.74, 6) is 1.48. The van der Waals surface area contributed by atoms with E-state index in [9.17, 15) is 9.59 Å². The molecule has 0 saturated carbocycles. The molecule has 0 aliphatic heterocycles. The molecular formula is C19H25NO3S. The van der Waals surface area contributed by atoms with Crippen LogP contribution < -0.4 is 10.3 Å². The van der Waals surface area contributed by atoms with E-state index in [0.29, 0.717) is 25.3 Å². The SMILES string of the molecule is CCCn1c(=O)cc(OCCCCSC(=O)CC)c2ccccc21. The van der Waals surface area contributed by atoms with Gasteiger partial charge in [-0.1, -0.05) is 37.7 Å². The zero-order valence-corrected chi connectivity index (χ0v) is 15.2. The number of carbonyl (C=O) groups excluding carboxylic acids is 1. The molecule has 2 aromatic rings. The zero-order valence-electron chi connectivity index (χ0n) is 14.4. The van der Waals surface area contributed by atoms with Crippen LogP contribution in [-0.4, -0.2) is 22.0 Å². The maximum Gasteiger partial charge on any atom is 0.254 e. The van der Waals surface area contributed by atoms with Crippen LogP contribution in [0.4, 0.5) is 0 Å². The molecule has 1 aromatic carbocycles. The summed E-state index contributed by atoms with van der Waals surface area (Å²) in [4.78, 5) is 23.6. The lowest BCUT2D eigenvalue weighted by atomic mass is 10.2. The van der Waals surface area contributed by atoms with Gasteiger partial charge in [-0.15, -0.1) is 0 Å². The van der Waals surface area contributed by atoms with Crippen LogP contribution >= 0.6 is 11.8 Å². The number of rotatable bonds is 9. The summed E-state index contributed by atoms with van der Waals surface area (Å²) in [6.45, 7) is 5.21. The van der Waals surface area contributed by atoms with Crippen LogP contribution in [0.25, 0.3) is 10.9 Å². The highest BCUT2D eigenvalue weighted by Crippen LogP contribution is 2.24. The molecule has 0 atom stereocenters. The number of aryl methyl sites for hydroxylation is 1. The van der Waals surface area contributed by atoms with Gasteiger partial charge < -0.3 is 9.30 Å². The predicted octanol–water partition coefficient (Wildman–Crippen LogP) is 4.24. The first-order valence-corrected chi connectivity index (χ1v) is 9.57. The van der Waals surface area contributed by atoms with E-state index in [1.807, 2.05) is 31.2 Å². The molecule has 0 aliphatic rings. The molecule has 4 nitrogen and oxygen atoms in total. The highest BCUT2D eigenvalue weighted by atomic mass is 32.2. The summed E-state index contributed by atoms with van der Waals surface area (Å²) in [7, 11) is 0. The Balaban J connectivity index is 2.01. The normalized spacial score (nSPS) is 10.9. The first-order valence-electron chi connectivity index (χ1n) is 8.58. The second kappa shape index (κ2) is 9.52. The third-order valence-corrected chi connectivity index (χ3v) is 4.88. The molecule has 1 aromatic heterocycles. The fraction of sp³-hybridized carbons (Fsp3) is 0.474. The summed E-state index contributed by atoms with van der Waals surface area (Å²) >= 11 is 1.39. The van der Waals surface area contributed by atoms with Crippen molar-refractivity contribution in [1.29, 1.82) is 0 Å². The average Bonchev–Trinajstić information content (AvgIpc) is 2.60. The standard InChI is InChI=1S/C19H25NO3S/c1-3-11-20-16-10-6-5-9-15(16)17(14-18(20)21)23-12-7-8-13-24-19(22)4-2/h5-6,9-10,14H,3-4,7-8,11-13H2,1-2H3. The molecule has 2 rings (SSSR count). The largest absolute Gasteiger partial charge is 0.493 e. The molecule has 5 heteroatoms. The average molecular weight is 347 g/mol. The van der Waals surface area contributed by atoms with Gasteiger partial charge in [-0.25, -0.2) is 0 Å². The van der Waals surface area contributed by atoms with E-state index in [1.54, 1.807) is 10.6 Å². The van der Waals surface area contributed by atoms with E-state index in [1.165, 1.54) is 11.8 Å². The van der Waals surface area contributed by atoms with E-state index in [4.69, 9.17) is 4.74 Å². The lowest BCUT2D eigenvalue weighted by Crippen LogP contribution is -2.20. The number of fused-ring (bicyclic) bond motifs is 1. The van der Waals surface area contributed by atoms with Gasteiger partial charge in [-0.2, -0.15) is 0 Å². The van der Waals surface area contributed by atoms with Crippen LogP contribution in [0.15, 0.2) is 35.1 Å². The van der Waals surface area contributed by atoms with Crippen molar-refractivity contribution in [3.05, 3.63) is 40.7 Å². The number of thioether (sulfide) groups is 1. The Morgan fingerprint density at radius 2 is 2.00 bits per heavy atom. The number of hydrogen-bond acceptors (Lipinski definition) is 4. The Hall–Kier alpha value is -1.75. The Bertz CT molecular complexity index is 739. The molecule has 1 heterocycles. The predicted molar refractivity (Wildman–Crippen MR) is 101 cm³/mol. The van der Waals surface area contributed by atoms with Gasteiger partial charge in [0.2, 0.25) is 0 Å². The van der Waals surface area contributed by atoms with Crippen molar-refractivity contribution in [2.75, 3.05) is 12.4 Å². The summed E-state index contributed by atoms with van der Waals surface area (Å²) in [5, 5.41) is 1.21. The van der Waals surface area contributed by atoms with Crippen molar-refractivity contribution in [2.24, 2.45) is 0 Å². The molecular weight excluding hydrogens is 322 g/mol. The van der Waals surface area contributed by atoms with Crippen LogP contribution in [0.5, 0.6) is 5.75 Å². The summed E-state index contributed by atoms with van der Waals surface area (Å²) in [5.41, 5.74) is 0.903. The van der Waals surface area contributed by atoms with Crippen LogP contribution in [-0.2, 0) is 11.3 Å². The van der Waals surface area contributed by atoms with Crippen molar-refractivity contribution in [2.45, 2.75) is 46.1 Å². The molecule has 0 radical (unpaired) electrons. The molecule has 0 spiro atoms. The fourth-order valence-electron chi connectivity index (χ4n) is 2.55. The fourth-order valence-corrected chi connectivity index (χ4v) is 3.33. The van der Waals surface area contributed by atoms with Crippen molar-refractivity contribution >= 4 is 27.8 Å². The van der Waals surface area contributed by atoms with Crippen LogP contribution in [0, 0.1) is 0 Å². The van der Waals surface area contributed by atoms with Gasteiger partial charge in [-0.3, -0.25) is 9.59 Å². The van der Waals surface area contributed by atoms with Gasteiger partial charge in [0.05, 0.1) is 12.1 Å². The molecule has 0 fully saturated rings. The van der Waals surface area contributed by atoms with E-state index in [2.05, 4.69) is 6.92 Å². The number of ether oxygens (including phenoxy) is 1. The monoisotopic (exact) mass is 347 g/mol. The minimum Gasteiger partial charge on any atom is -0.493 e.